The Bertz CT molecular complexity index is 929. The molecule has 0 radical (unpaired) electrons. The highest BCUT2D eigenvalue weighted by Crippen LogP contribution is 2.28. The van der Waals surface area contributed by atoms with Crippen molar-refractivity contribution < 1.29 is 9.47 Å². The van der Waals surface area contributed by atoms with Crippen LogP contribution in [0.5, 0.6) is 11.5 Å². The quantitative estimate of drug-likeness (QED) is 0.578. The van der Waals surface area contributed by atoms with E-state index >= 15 is 0 Å². The first kappa shape index (κ1) is 18.7. The number of unbranched alkanes of at least 4 members (excludes halogenated alkanes) is 1. The molecule has 0 spiro atoms. The van der Waals surface area contributed by atoms with Gasteiger partial charge in [-0.05, 0) is 35.7 Å². The number of pyridine rings is 1. The maximum Gasteiger partial charge on any atom is 0.161 e. The van der Waals surface area contributed by atoms with Crippen LogP contribution in [-0.4, -0.2) is 18.7 Å². The lowest BCUT2D eigenvalue weighted by molar-refractivity contribution is 0.290. The Morgan fingerprint density at radius 3 is 2.81 bits per heavy atom. The van der Waals surface area contributed by atoms with Gasteiger partial charge in [-0.25, -0.2) is 0 Å². The number of hydrogen-bond acceptors (Lipinski definition) is 5. The molecule has 0 bridgehead atoms. The minimum atomic E-state index is 0.489. The van der Waals surface area contributed by atoms with Crippen LogP contribution in [0.25, 0.3) is 10.9 Å². The lowest BCUT2D eigenvalue weighted by Crippen LogP contribution is -2.13. The number of benzene rings is 2. The fourth-order valence-corrected chi connectivity index (χ4v) is 2.93. The lowest BCUT2D eigenvalue weighted by atomic mass is 10.1. The van der Waals surface area contributed by atoms with E-state index in [1.54, 1.807) is 7.11 Å². The van der Waals surface area contributed by atoms with Gasteiger partial charge in [-0.3, -0.25) is 4.98 Å². The highest BCUT2D eigenvalue weighted by Gasteiger charge is 2.07. The number of nitriles is 1. The third-order valence-corrected chi connectivity index (χ3v) is 4.28. The molecular weight excluding hydrogens is 338 g/mol. The van der Waals surface area contributed by atoms with Crippen molar-refractivity contribution in [2.24, 2.45) is 0 Å². The molecule has 0 aliphatic rings. The van der Waals surface area contributed by atoms with Crippen molar-refractivity contribution in [1.82, 2.24) is 10.3 Å². The Labute approximate surface area is 159 Å². The van der Waals surface area contributed by atoms with Gasteiger partial charge < -0.3 is 14.8 Å². The van der Waals surface area contributed by atoms with Crippen LogP contribution in [0.4, 0.5) is 0 Å². The molecule has 27 heavy (non-hydrogen) atoms. The number of nitrogens with zero attached hydrogens (tertiary/aromatic N) is 2. The first-order chi connectivity index (χ1) is 13.3. The van der Waals surface area contributed by atoms with Gasteiger partial charge in [0.25, 0.3) is 0 Å². The number of hydrogen-bond donors (Lipinski definition) is 1. The van der Waals surface area contributed by atoms with Crippen LogP contribution in [0.15, 0.2) is 54.7 Å². The van der Waals surface area contributed by atoms with E-state index in [0.29, 0.717) is 37.5 Å². The largest absolute Gasteiger partial charge is 0.493 e. The third kappa shape index (κ3) is 4.96. The number of ether oxygens (including phenoxy) is 2. The topological polar surface area (TPSA) is 67.2 Å². The van der Waals surface area contributed by atoms with Crippen LogP contribution in [0.1, 0.15) is 24.0 Å². The molecule has 0 unspecified atom stereocenters. The van der Waals surface area contributed by atoms with Gasteiger partial charge in [0.05, 0.1) is 25.3 Å². The van der Waals surface area contributed by atoms with Gasteiger partial charge in [0, 0.05) is 31.1 Å². The molecule has 0 aliphatic carbocycles. The summed E-state index contributed by atoms with van der Waals surface area (Å²) in [5.41, 5.74) is 3.32. The van der Waals surface area contributed by atoms with E-state index in [9.17, 15) is 0 Å². The highest BCUT2D eigenvalue weighted by atomic mass is 16.5. The SMILES string of the molecule is COc1ccc(CNCc2cccc3cccnc23)cc1OCCCC#N. The summed E-state index contributed by atoms with van der Waals surface area (Å²) in [6.07, 6.45) is 3.02. The van der Waals surface area contributed by atoms with Gasteiger partial charge in [-0.15, -0.1) is 0 Å². The summed E-state index contributed by atoms with van der Waals surface area (Å²) >= 11 is 0. The number of fused-ring (bicyclic) bond motifs is 1. The molecule has 1 heterocycles. The second-order valence-corrected chi connectivity index (χ2v) is 6.19. The molecule has 3 aromatic rings. The van der Waals surface area contributed by atoms with Gasteiger partial charge in [0.1, 0.15) is 0 Å². The lowest BCUT2D eigenvalue weighted by Gasteiger charge is -2.13. The van der Waals surface area contributed by atoms with Crippen molar-refractivity contribution in [3.8, 4) is 17.6 Å². The fourth-order valence-electron chi connectivity index (χ4n) is 2.93. The molecule has 3 rings (SSSR count). The smallest absolute Gasteiger partial charge is 0.161 e. The average molecular weight is 361 g/mol. The molecular formula is C22H23N3O2. The van der Waals surface area contributed by atoms with E-state index in [-0.39, 0.29) is 0 Å². The summed E-state index contributed by atoms with van der Waals surface area (Å²) < 4.78 is 11.1. The van der Waals surface area contributed by atoms with Crippen LogP contribution in [0.3, 0.4) is 0 Å². The predicted octanol–water partition coefficient (Wildman–Crippen LogP) is 4.22. The van der Waals surface area contributed by atoms with Gasteiger partial charge in [0.2, 0.25) is 0 Å². The molecule has 138 valence electrons. The van der Waals surface area contributed by atoms with Gasteiger partial charge in [-0.2, -0.15) is 5.26 Å². The number of aromatic nitrogens is 1. The minimum Gasteiger partial charge on any atom is -0.493 e. The molecule has 0 amide bonds. The molecule has 2 aromatic carbocycles. The Morgan fingerprint density at radius 1 is 1.07 bits per heavy atom. The Hall–Kier alpha value is -3.10. The number of nitrogens with one attached hydrogen (secondary N) is 1. The van der Waals surface area contributed by atoms with E-state index in [0.717, 1.165) is 23.0 Å². The van der Waals surface area contributed by atoms with E-state index in [2.05, 4.69) is 40.6 Å². The summed E-state index contributed by atoms with van der Waals surface area (Å²) in [6, 6.07) is 18.3. The van der Waals surface area contributed by atoms with E-state index < -0.39 is 0 Å². The molecule has 0 fully saturated rings. The molecule has 5 heteroatoms. The molecule has 0 saturated heterocycles. The Balaban J connectivity index is 1.62. The van der Waals surface area contributed by atoms with Crippen LogP contribution >= 0.6 is 0 Å². The second kappa shape index (κ2) is 9.56. The van der Waals surface area contributed by atoms with Crippen molar-refractivity contribution in [2.75, 3.05) is 13.7 Å². The standard InChI is InChI=1S/C22H23N3O2/c1-26-20-10-9-17(14-21(20)27-13-3-2-11-23)15-24-16-19-7-4-6-18-8-5-12-25-22(18)19/h4-10,12,14,24H,2-3,13,15-16H2,1H3. The van der Waals surface area contributed by atoms with Gasteiger partial charge in [-0.1, -0.05) is 30.3 Å². The number of rotatable bonds is 9. The Morgan fingerprint density at radius 2 is 1.96 bits per heavy atom. The minimum absolute atomic E-state index is 0.489. The van der Waals surface area contributed by atoms with E-state index in [4.69, 9.17) is 14.7 Å². The summed E-state index contributed by atoms with van der Waals surface area (Å²) in [4.78, 5) is 4.49. The van der Waals surface area contributed by atoms with Crippen molar-refractivity contribution in [1.29, 1.82) is 5.26 Å². The second-order valence-electron chi connectivity index (χ2n) is 6.19. The monoisotopic (exact) mass is 361 g/mol. The van der Waals surface area contributed by atoms with Gasteiger partial charge in [0.15, 0.2) is 11.5 Å². The maximum absolute atomic E-state index is 8.62. The van der Waals surface area contributed by atoms with Gasteiger partial charge >= 0.3 is 0 Å². The molecule has 0 aliphatic heterocycles. The molecule has 0 atom stereocenters. The van der Waals surface area contributed by atoms with E-state index in [1.165, 1.54) is 5.56 Å². The van der Waals surface area contributed by atoms with Crippen LogP contribution in [0, 0.1) is 11.3 Å². The number of methoxy groups -OCH3 is 1. The summed E-state index contributed by atoms with van der Waals surface area (Å²) in [5.74, 6) is 1.41. The normalized spacial score (nSPS) is 10.5. The molecule has 1 N–H and O–H groups in total. The van der Waals surface area contributed by atoms with Crippen molar-refractivity contribution in [3.63, 3.8) is 0 Å². The third-order valence-electron chi connectivity index (χ3n) is 4.28. The van der Waals surface area contributed by atoms with Crippen LogP contribution in [-0.2, 0) is 13.1 Å². The zero-order chi connectivity index (χ0) is 18.9. The first-order valence-corrected chi connectivity index (χ1v) is 9.02. The highest BCUT2D eigenvalue weighted by molar-refractivity contribution is 5.81. The maximum atomic E-state index is 8.62. The van der Waals surface area contributed by atoms with Crippen molar-refractivity contribution in [3.05, 3.63) is 65.9 Å². The average Bonchev–Trinajstić information content (AvgIpc) is 2.71. The fraction of sp³-hybridized carbons (Fsp3) is 0.273. The van der Waals surface area contributed by atoms with Crippen molar-refractivity contribution in [2.45, 2.75) is 25.9 Å². The summed E-state index contributed by atoms with van der Waals surface area (Å²) in [6.45, 7) is 1.95. The molecule has 0 saturated carbocycles. The van der Waals surface area contributed by atoms with Crippen molar-refractivity contribution >= 4 is 10.9 Å². The zero-order valence-corrected chi connectivity index (χ0v) is 15.4. The Kier molecular flexibility index (Phi) is 6.61. The summed E-state index contributed by atoms with van der Waals surface area (Å²) in [7, 11) is 1.63. The van der Waals surface area contributed by atoms with Crippen LogP contribution < -0.4 is 14.8 Å². The van der Waals surface area contributed by atoms with E-state index in [1.807, 2.05) is 30.5 Å². The molecule has 1 aromatic heterocycles. The zero-order valence-electron chi connectivity index (χ0n) is 15.4. The van der Waals surface area contributed by atoms with Crippen LogP contribution in [0.2, 0.25) is 0 Å². The predicted molar refractivity (Wildman–Crippen MR) is 106 cm³/mol. The number of para-hydroxylation sites is 1. The molecule has 5 nitrogen and oxygen atoms in total. The summed E-state index contributed by atoms with van der Waals surface area (Å²) in [5, 5.41) is 13.2. The first-order valence-electron chi connectivity index (χ1n) is 9.02.